The van der Waals surface area contributed by atoms with Crippen LogP contribution >= 0.6 is 15.9 Å². The lowest BCUT2D eigenvalue weighted by atomic mass is 9.77. The largest absolute Gasteiger partial charge is 0.573 e. The number of rotatable bonds is 7. The van der Waals surface area contributed by atoms with Crippen molar-refractivity contribution in [2.75, 3.05) is 11.0 Å². The second kappa shape index (κ2) is 9.87. The molecule has 0 aliphatic carbocycles. The molecular weight excluding hydrogens is 606 g/mol. The van der Waals surface area contributed by atoms with Crippen molar-refractivity contribution in [3.8, 4) is 11.4 Å². The van der Waals surface area contributed by atoms with Gasteiger partial charge in [0.2, 0.25) is 10.0 Å². The first-order chi connectivity index (χ1) is 17.9. The molecule has 1 heterocycles. The molecule has 1 amide bonds. The number of hydrogen-bond acceptors (Lipinski definition) is 4. The molecule has 0 atom stereocenters. The Bertz CT molecular complexity index is 1720. The first kappa shape index (κ1) is 28.4. The average Bonchev–Trinajstić information content (AvgIpc) is 3.17. The van der Waals surface area contributed by atoms with E-state index in [1.807, 2.05) is 0 Å². The maximum absolute atomic E-state index is 14.9. The highest BCUT2D eigenvalue weighted by molar-refractivity contribution is 9.10. The third-order valence-corrected chi connectivity index (χ3v) is 7.13. The molecule has 0 saturated heterocycles. The lowest BCUT2D eigenvalue weighted by molar-refractivity contribution is -0.274. The Morgan fingerprint density at radius 1 is 1.03 bits per heavy atom. The molecule has 0 saturated carbocycles. The van der Waals surface area contributed by atoms with E-state index in [4.69, 9.17) is 5.73 Å². The van der Waals surface area contributed by atoms with E-state index in [0.717, 1.165) is 24.5 Å². The molecule has 0 aliphatic heterocycles. The second-order valence-electron chi connectivity index (χ2n) is 9.39. The molecule has 1 aromatic heterocycles. The van der Waals surface area contributed by atoms with Gasteiger partial charge in [-0.2, -0.15) is 0 Å². The number of carbonyl (C=O) groups is 1. The van der Waals surface area contributed by atoms with Gasteiger partial charge in [-0.05, 0) is 60.2 Å². The van der Waals surface area contributed by atoms with Crippen molar-refractivity contribution in [3.05, 3.63) is 87.8 Å². The van der Waals surface area contributed by atoms with E-state index >= 15 is 0 Å². The van der Waals surface area contributed by atoms with Crippen molar-refractivity contribution in [2.24, 2.45) is 5.73 Å². The molecule has 0 unspecified atom stereocenters. The van der Waals surface area contributed by atoms with Crippen LogP contribution in [0.3, 0.4) is 0 Å². The number of hydrogen-bond donors (Lipinski definition) is 2. The van der Waals surface area contributed by atoms with Crippen molar-refractivity contribution >= 4 is 48.5 Å². The lowest BCUT2D eigenvalue weighted by Crippen LogP contribution is -2.23. The fraction of sp³-hybridized carbons (Fsp3) is 0.192. The van der Waals surface area contributed by atoms with Gasteiger partial charge in [-0.15, -0.1) is 13.2 Å². The normalized spacial score (nSPS) is 12.5. The predicted octanol–water partition coefficient (Wildman–Crippen LogP) is 6.23. The van der Waals surface area contributed by atoms with Gasteiger partial charge in [0.25, 0.3) is 5.91 Å². The summed E-state index contributed by atoms with van der Waals surface area (Å²) in [5.74, 6) is -2.06. The highest BCUT2D eigenvalue weighted by Crippen LogP contribution is 2.39. The Labute approximate surface area is 229 Å². The van der Waals surface area contributed by atoms with E-state index in [9.17, 15) is 30.8 Å². The van der Waals surface area contributed by atoms with E-state index < -0.39 is 39.3 Å². The van der Waals surface area contributed by atoms with Crippen molar-refractivity contribution in [1.82, 2.24) is 4.57 Å². The number of primary amides is 1. The number of fused-ring (bicyclic) bond motifs is 1. The average molecular weight is 628 g/mol. The number of carbonyl (C=O) groups excluding carboxylic acids is 1. The highest BCUT2D eigenvalue weighted by Gasteiger charge is 2.33. The number of alkyl halides is 3. The third kappa shape index (κ3) is 6.19. The Morgan fingerprint density at radius 2 is 1.72 bits per heavy atom. The first-order valence-corrected chi connectivity index (χ1v) is 13.9. The number of nitrogens with two attached hydrogens (primary N) is 1. The summed E-state index contributed by atoms with van der Waals surface area (Å²) >= 11 is 3.43. The molecule has 0 aliphatic rings. The summed E-state index contributed by atoms with van der Waals surface area (Å²) in [5, 5.41) is 0.590. The molecule has 4 aromatic rings. The van der Waals surface area contributed by atoms with Crippen LogP contribution in [0.5, 0.6) is 5.75 Å². The number of anilines is 1. The summed E-state index contributed by atoms with van der Waals surface area (Å²) in [6.45, 7) is 3.26. The fourth-order valence-corrected chi connectivity index (χ4v) is 5.37. The maximum Gasteiger partial charge on any atom is 0.573 e. The van der Waals surface area contributed by atoms with Crippen LogP contribution in [0.15, 0.2) is 65.1 Å². The smallest absolute Gasteiger partial charge is 0.406 e. The van der Waals surface area contributed by atoms with Crippen LogP contribution in [0.25, 0.3) is 16.6 Å². The molecule has 0 bridgehead atoms. The number of amides is 1. The van der Waals surface area contributed by atoms with Gasteiger partial charge in [-0.25, -0.2) is 12.8 Å². The van der Waals surface area contributed by atoms with Crippen LogP contribution < -0.4 is 15.2 Å². The van der Waals surface area contributed by atoms with Gasteiger partial charge in [0.1, 0.15) is 17.3 Å². The third-order valence-electron chi connectivity index (χ3n) is 6.07. The zero-order valence-corrected chi connectivity index (χ0v) is 23.1. The number of aromatic nitrogens is 1. The molecule has 4 rings (SSSR count). The maximum atomic E-state index is 14.9. The first-order valence-electron chi connectivity index (χ1n) is 11.2. The van der Waals surface area contributed by atoms with E-state index in [2.05, 4.69) is 25.4 Å². The standard InChI is InChI=1S/C26H22BrF4N3O4S/c1-25(2,20-13-19(6-7-21(20)28)38-26(29,30)31)15-9-16(27)11-18(10-15)34-22-12-17(33-39(3,36)37)5-4-14(22)8-23(34)24(32)35/h4-13,33H,1-3H3,(H2,32,35). The van der Waals surface area contributed by atoms with Gasteiger partial charge in [0.05, 0.1) is 17.5 Å². The predicted molar refractivity (Wildman–Crippen MR) is 143 cm³/mol. The zero-order chi connectivity index (χ0) is 28.9. The van der Waals surface area contributed by atoms with Crippen LogP contribution in [-0.4, -0.2) is 31.5 Å². The number of halogens is 5. The molecule has 0 spiro atoms. The Balaban J connectivity index is 1.91. The van der Waals surface area contributed by atoms with Crippen LogP contribution in [0.4, 0.5) is 23.2 Å². The van der Waals surface area contributed by atoms with Gasteiger partial charge < -0.3 is 15.0 Å². The van der Waals surface area contributed by atoms with Gasteiger partial charge in [0.15, 0.2) is 0 Å². The topological polar surface area (TPSA) is 103 Å². The Morgan fingerprint density at radius 3 is 2.33 bits per heavy atom. The summed E-state index contributed by atoms with van der Waals surface area (Å²) in [5.41, 5.74) is 6.12. The molecule has 3 N–H and O–H groups in total. The molecule has 13 heteroatoms. The van der Waals surface area contributed by atoms with Crippen molar-refractivity contribution < 1.29 is 35.5 Å². The number of benzene rings is 3. The van der Waals surface area contributed by atoms with Gasteiger partial charge in [-0.1, -0.05) is 35.8 Å². The minimum absolute atomic E-state index is 0.0552. The summed E-state index contributed by atoms with van der Waals surface area (Å²) < 4.78 is 85.3. The van der Waals surface area contributed by atoms with E-state index in [-0.39, 0.29) is 16.9 Å². The lowest BCUT2D eigenvalue weighted by Gasteiger charge is -2.28. The molecule has 206 valence electrons. The molecule has 7 nitrogen and oxygen atoms in total. The van der Waals surface area contributed by atoms with Crippen LogP contribution in [-0.2, 0) is 15.4 Å². The van der Waals surface area contributed by atoms with E-state index in [1.54, 1.807) is 44.2 Å². The molecular formula is C26H22BrF4N3O4S. The van der Waals surface area contributed by atoms with Crippen molar-refractivity contribution in [3.63, 3.8) is 0 Å². The minimum atomic E-state index is -4.95. The fourth-order valence-electron chi connectivity index (χ4n) is 4.34. The quantitative estimate of drug-likeness (QED) is 0.237. The van der Waals surface area contributed by atoms with Crippen molar-refractivity contribution in [2.45, 2.75) is 25.6 Å². The van der Waals surface area contributed by atoms with Crippen molar-refractivity contribution in [1.29, 1.82) is 0 Å². The van der Waals surface area contributed by atoms with Gasteiger partial charge >= 0.3 is 6.36 Å². The highest BCUT2D eigenvalue weighted by atomic mass is 79.9. The van der Waals surface area contributed by atoms with E-state index in [1.165, 1.54) is 16.7 Å². The van der Waals surface area contributed by atoms with Crippen LogP contribution in [0.1, 0.15) is 35.5 Å². The summed E-state index contributed by atoms with van der Waals surface area (Å²) in [7, 11) is -3.59. The van der Waals surface area contributed by atoms with Gasteiger partial charge in [0, 0.05) is 26.5 Å². The number of ether oxygens (including phenoxy) is 1. The Kier molecular flexibility index (Phi) is 7.19. The monoisotopic (exact) mass is 627 g/mol. The van der Waals surface area contributed by atoms with Gasteiger partial charge in [-0.3, -0.25) is 9.52 Å². The number of nitrogens with zero attached hydrogens (tertiary/aromatic N) is 1. The zero-order valence-electron chi connectivity index (χ0n) is 20.7. The van der Waals surface area contributed by atoms with E-state index in [0.29, 0.717) is 26.6 Å². The summed E-state index contributed by atoms with van der Waals surface area (Å²) in [6, 6.07) is 14.0. The Hall–Kier alpha value is -3.58. The molecule has 0 radical (unpaired) electrons. The molecule has 0 fully saturated rings. The minimum Gasteiger partial charge on any atom is -0.406 e. The summed E-state index contributed by atoms with van der Waals surface area (Å²) in [6.07, 6.45) is -3.95. The molecule has 39 heavy (non-hydrogen) atoms. The number of sulfonamides is 1. The molecule has 3 aromatic carbocycles. The van der Waals surface area contributed by atoms with Crippen LogP contribution in [0, 0.1) is 5.82 Å². The second-order valence-corrected chi connectivity index (χ2v) is 12.1. The van der Waals surface area contributed by atoms with Crippen LogP contribution in [0.2, 0.25) is 0 Å². The SMILES string of the molecule is CC(C)(c1cc(Br)cc(-n2c(C(N)=O)cc3ccc(NS(C)(=O)=O)cc32)c1)c1cc(OC(F)(F)F)ccc1F. The number of nitrogens with one attached hydrogen (secondary N) is 1. The summed E-state index contributed by atoms with van der Waals surface area (Å²) in [4.78, 5) is 12.4.